The predicted octanol–water partition coefficient (Wildman–Crippen LogP) is 2.89. The van der Waals surface area contributed by atoms with Crippen LogP contribution in [-0.4, -0.2) is 25.3 Å². The quantitative estimate of drug-likeness (QED) is 0.549. The van der Waals surface area contributed by atoms with Gasteiger partial charge >= 0.3 is 0 Å². The maximum absolute atomic E-state index is 5.81. The molecule has 0 unspecified atom stereocenters. The molecule has 0 saturated carbocycles. The maximum atomic E-state index is 5.81. The van der Waals surface area contributed by atoms with Crippen molar-refractivity contribution in [3.63, 3.8) is 0 Å². The Bertz CT molecular complexity index is 301. The molecule has 0 saturated heterocycles. The largest absolute Gasteiger partial charge is 0.303 e. The van der Waals surface area contributed by atoms with Crippen LogP contribution in [0.5, 0.6) is 0 Å². The van der Waals surface area contributed by atoms with E-state index in [0.29, 0.717) is 10.0 Å². The van der Waals surface area contributed by atoms with Gasteiger partial charge < -0.3 is 5.01 Å². The summed E-state index contributed by atoms with van der Waals surface area (Å²) in [6.07, 6.45) is 1.71. The van der Waals surface area contributed by atoms with Gasteiger partial charge in [0.25, 0.3) is 0 Å². The van der Waals surface area contributed by atoms with Gasteiger partial charge in [0.2, 0.25) is 0 Å². The van der Waals surface area contributed by atoms with E-state index in [1.807, 2.05) is 14.1 Å². The first-order chi connectivity index (χ1) is 6.08. The van der Waals surface area contributed by atoms with Crippen molar-refractivity contribution in [1.29, 1.82) is 0 Å². The van der Waals surface area contributed by atoms with Crippen LogP contribution < -0.4 is 0 Å². The summed E-state index contributed by atoms with van der Waals surface area (Å²) in [6, 6.07) is 5.30. The zero-order chi connectivity index (χ0) is 9.84. The van der Waals surface area contributed by atoms with Crippen LogP contribution >= 0.6 is 23.2 Å². The van der Waals surface area contributed by atoms with Crippen LogP contribution in [0.2, 0.25) is 10.0 Å². The number of hydrazone groups is 1. The van der Waals surface area contributed by atoms with Gasteiger partial charge in [0.15, 0.2) is 0 Å². The van der Waals surface area contributed by atoms with E-state index in [-0.39, 0.29) is 0 Å². The molecule has 70 valence electrons. The van der Waals surface area contributed by atoms with Crippen molar-refractivity contribution < 1.29 is 0 Å². The topological polar surface area (TPSA) is 15.6 Å². The van der Waals surface area contributed by atoms with E-state index < -0.39 is 0 Å². The molecule has 0 atom stereocenters. The molecule has 0 fully saturated rings. The average molecular weight is 217 g/mol. The monoisotopic (exact) mass is 216 g/mol. The highest BCUT2D eigenvalue weighted by Gasteiger charge is 1.95. The SMILES string of the molecule is CN(C)/N=C/c1cc(Cl)cc(Cl)c1. The van der Waals surface area contributed by atoms with Gasteiger partial charge in [0.05, 0.1) is 6.21 Å². The van der Waals surface area contributed by atoms with Crippen molar-refractivity contribution >= 4 is 29.4 Å². The minimum atomic E-state index is 0.618. The summed E-state index contributed by atoms with van der Waals surface area (Å²) < 4.78 is 0. The van der Waals surface area contributed by atoms with Crippen molar-refractivity contribution in [3.8, 4) is 0 Å². The average Bonchev–Trinajstić information content (AvgIpc) is 1.99. The molecule has 0 aromatic heterocycles. The van der Waals surface area contributed by atoms with Gasteiger partial charge in [-0.05, 0) is 23.8 Å². The van der Waals surface area contributed by atoms with E-state index in [1.54, 1.807) is 29.4 Å². The predicted molar refractivity (Wildman–Crippen MR) is 57.7 cm³/mol. The zero-order valence-electron chi connectivity index (χ0n) is 7.46. The lowest BCUT2D eigenvalue weighted by atomic mass is 10.2. The summed E-state index contributed by atoms with van der Waals surface area (Å²) in [7, 11) is 3.70. The van der Waals surface area contributed by atoms with Crippen LogP contribution in [0.1, 0.15) is 5.56 Å². The van der Waals surface area contributed by atoms with Gasteiger partial charge in [-0.2, -0.15) is 5.10 Å². The Morgan fingerprint density at radius 1 is 1.15 bits per heavy atom. The van der Waals surface area contributed by atoms with E-state index in [4.69, 9.17) is 23.2 Å². The zero-order valence-corrected chi connectivity index (χ0v) is 8.97. The van der Waals surface area contributed by atoms with Crippen LogP contribution in [0.4, 0.5) is 0 Å². The smallest absolute Gasteiger partial charge is 0.0543 e. The Labute approximate surface area is 87.8 Å². The van der Waals surface area contributed by atoms with E-state index in [0.717, 1.165) is 5.56 Å². The van der Waals surface area contributed by atoms with Crippen LogP contribution in [-0.2, 0) is 0 Å². The number of hydrogen-bond acceptors (Lipinski definition) is 2. The Hall–Kier alpha value is -0.730. The van der Waals surface area contributed by atoms with E-state index in [2.05, 4.69) is 5.10 Å². The number of hydrogen-bond donors (Lipinski definition) is 0. The lowest BCUT2D eigenvalue weighted by molar-refractivity contribution is 0.440. The third-order valence-electron chi connectivity index (χ3n) is 1.32. The van der Waals surface area contributed by atoms with Crippen molar-refractivity contribution in [1.82, 2.24) is 5.01 Å². The Morgan fingerprint density at radius 3 is 2.15 bits per heavy atom. The van der Waals surface area contributed by atoms with E-state index in [1.165, 1.54) is 0 Å². The molecule has 1 aromatic carbocycles. The molecule has 0 radical (unpaired) electrons. The van der Waals surface area contributed by atoms with Gasteiger partial charge in [0, 0.05) is 24.1 Å². The number of nitrogens with zero attached hydrogens (tertiary/aromatic N) is 2. The summed E-state index contributed by atoms with van der Waals surface area (Å²) in [5.74, 6) is 0. The number of rotatable bonds is 2. The summed E-state index contributed by atoms with van der Waals surface area (Å²) in [5, 5.41) is 7.01. The molecule has 0 bridgehead atoms. The minimum Gasteiger partial charge on any atom is -0.303 e. The molecular weight excluding hydrogens is 207 g/mol. The standard InChI is InChI=1S/C9H10Cl2N2/c1-13(2)12-6-7-3-8(10)5-9(11)4-7/h3-6H,1-2H3/b12-6+. The molecule has 0 amide bonds. The Morgan fingerprint density at radius 2 is 1.69 bits per heavy atom. The highest BCUT2D eigenvalue weighted by Crippen LogP contribution is 2.17. The van der Waals surface area contributed by atoms with Crippen LogP contribution in [0.15, 0.2) is 23.3 Å². The minimum absolute atomic E-state index is 0.618. The molecule has 0 N–H and O–H groups in total. The molecule has 4 heteroatoms. The van der Waals surface area contributed by atoms with Crippen LogP contribution in [0.3, 0.4) is 0 Å². The van der Waals surface area contributed by atoms with Crippen molar-refractivity contribution in [2.24, 2.45) is 5.10 Å². The fourth-order valence-corrected chi connectivity index (χ4v) is 1.37. The van der Waals surface area contributed by atoms with E-state index >= 15 is 0 Å². The fourth-order valence-electron chi connectivity index (χ4n) is 0.832. The van der Waals surface area contributed by atoms with Crippen molar-refractivity contribution in [2.75, 3.05) is 14.1 Å². The first kappa shape index (κ1) is 10.4. The summed E-state index contributed by atoms with van der Waals surface area (Å²) in [5.41, 5.74) is 0.895. The third kappa shape index (κ3) is 3.66. The first-order valence-corrected chi connectivity index (χ1v) is 4.51. The molecule has 1 rings (SSSR count). The lowest BCUT2D eigenvalue weighted by Gasteiger charge is -2.02. The molecule has 0 aliphatic carbocycles. The fraction of sp³-hybridized carbons (Fsp3) is 0.222. The second kappa shape index (κ2) is 4.49. The molecule has 0 heterocycles. The molecular formula is C9H10Cl2N2. The van der Waals surface area contributed by atoms with Gasteiger partial charge in [-0.25, -0.2) is 0 Å². The van der Waals surface area contributed by atoms with Gasteiger partial charge in [0.1, 0.15) is 0 Å². The Kier molecular flexibility index (Phi) is 3.58. The molecule has 0 aliphatic heterocycles. The summed E-state index contributed by atoms with van der Waals surface area (Å²) in [6.45, 7) is 0. The Balaban J connectivity index is 2.89. The van der Waals surface area contributed by atoms with Crippen LogP contribution in [0, 0.1) is 0 Å². The van der Waals surface area contributed by atoms with Crippen LogP contribution in [0.25, 0.3) is 0 Å². The highest BCUT2D eigenvalue weighted by molar-refractivity contribution is 6.35. The van der Waals surface area contributed by atoms with Crippen molar-refractivity contribution in [2.45, 2.75) is 0 Å². The summed E-state index contributed by atoms with van der Waals surface area (Å²) >= 11 is 11.6. The first-order valence-electron chi connectivity index (χ1n) is 3.75. The normalized spacial score (nSPS) is 10.8. The second-order valence-corrected chi connectivity index (χ2v) is 3.67. The highest BCUT2D eigenvalue weighted by atomic mass is 35.5. The molecule has 1 aromatic rings. The van der Waals surface area contributed by atoms with Gasteiger partial charge in [-0.15, -0.1) is 0 Å². The molecule has 0 spiro atoms. The van der Waals surface area contributed by atoms with Gasteiger partial charge in [-0.1, -0.05) is 23.2 Å². The van der Waals surface area contributed by atoms with Crippen molar-refractivity contribution in [3.05, 3.63) is 33.8 Å². The van der Waals surface area contributed by atoms with Gasteiger partial charge in [-0.3, -0.25) is 0 Å². The molecule has 0 aliphatic rings. The molecule has 13 heavy (non-hydrogen) atoms. The van der Waals surface area contributed by atoms with E-state index in [9.17, 15) is 0 Å². The maximum Gasteiger partial charge on any atom is 0.0543 e. The number of halogens is 2. The number of benzene rings is 1. The lowest BCUT2D eigenvalue weighted by Crippen LogP contribution is -2.01. The molecule has 2 nitrogen and oxygen atoms in total. The third-order valence-corrected chi connectivity index (χ3v) is 1.76. The second-order valence-electron chi connectivity index (χ2n) is 2.79. The summed E-state index contributed by atoms with van der Waals surface area (Å²) in [4.78, 5) is 0.